The molecule has 2 bridgehead atoms. The van der Waals surface area contributed by atoms with Gasteiger partial charge in [-0.05, 0) is 73.9 Å². The Morgan fingerprint density at radius 2 is 2.02 bits per heavy atom. The number of esters is 1. The van der Waals surface area contributed by atoms with Crippen molar-refractivity contribution in [2.45, 2.75) is 76.5 Å². The lowest BCUT2D eigenvalue weighted by Crippen LogP contribution is -2.69. The van der Waals surface area contributed by atoms with Gasteiger partial charge in [-0.1, -0.05) is 49.2 Å². The zero-order valence-corrected chi connectivity index (χ0v) is 25.5. The van der Waals surface area contributed by atoms with E-state index in [4.69, 9.17) is 32.7 Å². The Balaban J connectivity index is 1.41. The second-order valence-electron chi connectivity index (χ2n) is 12.5. The Kier molecular flexibility index (Phi) is 7.63. The van der Waals surface area contributed by atoms with Crippen LogP contribution in [0.25, 0.3) is 0 Å². The summed E-state index contributed by atoms with van der Waals surface area (Å²) < 4.78 is 12.7. The highest BCUT2D eigenvalue weighted by Crippen LogP contribution is 2.64. The van der Waals surface area contributed by atoms with Crippen molar-refractivity contribution in [3.63, 3.8) is 0 Å². The normalized spacial score (nSPS) is 27.7. The number of likely N-dealkylation sites (tertiary alicyclic amines) is 1. The average Bonchev–Trinajstić information content (AvgIpc) is 3.25. The number of hydrogen-bond donors (Lipinski definition) is 0. The van der Waals surface area contributed by atoms with E-state index in [1.807, 2.05) is 24.3 Å². The summed E-state index contributed by atoms with van der Waals surface area (Å²) in [6.07, 6.45) is 5.73. The van der Waals surface area contributed by atoms with E-state index in [0.29, 0.717) is 40.2 Å². The van der Waals surface area contributed by atoms with Crippen molar-refractivity contribution in [2.75, 3.05) is 19.6 Å². The second-order valence-corrected chi connectivity index (χ2v) is 13.3. The van der Waals surface area contributed by atoms with Gasteiger partial charge >= 0.3 is 5.97 Å². The molecule has 2 aliphatic heterocycles. The van der Waals surface area contributed by atoms with Gasteiger partial charge in [0.25, 0.3) is 0 Å². The average molecular weight is 598 g/mol. The van der Waals surface area contributed by atoms with Crippen LogP contribution in [-0.2, 0) is 27.8 Å². The fourth-order valence-electron chi connectivity index (χ4n) is 8.30. The topological polar surface area (TPSA) is 59.1 Å². The third kappa shape index (κ3) is 4.76. The highest BCUT2D eigenvalue weighted by Gasteiger charge is 2.66. The van der Waals surface area contributed by atoms with Gasteiger partial charge in [-0.15, -0.1) is 6.58 Å². The molecule has 8 heteroatoms. The predicted octanol–water partition coefficient (Wildman–Crippen LogP) is 6.24. The maximum atomic E-state index is 14.1. The lowest BCUT2D eigenvalue weighted by Gasteiger charge is -2.60. The first-order valence-corrected chi connectivity index (χ1v) is 15.5. The van der Waals surface area contributed by atoms with E-state index in [0.717, 1.165) is 55.6 Å². The largest absolute Gasteiger partial charge is 0.487 e. The summed E-state index contributed by atoms with van der Waals surface area (Å²) in [4.78, 5) is 30.7. The first-order valence-electron chi connectivity index (χ1n) is 14.7. The number of carbonyl (C=O) groups excluding carboxylic acids is 2. The fourth-order valence-corrected chi connectivity index (χ4v) is 8.62. The second kappa shape index (κ2) is 10.9. The zero-order valence-electron chi connectivity index (χ0n) is 24.0. The Labute approximate surface area is 252 Å². The van der Waals surface area contributed by atoms with Gasteiger partial charge in [0.15, 0.2) is 0 Å². The third-order valence-corrected chi connectivity index (χ3v) is 10.4. The number of amides is 1. The zero-order chi connectivity index (χ0) is 29.1. The molecule has 2 aliphatic carbocycles. The minimum absolute atomic E-state index is 0.0638. The van der Waals surface area contributed by atoms with Crippen LogP contribution in [0.3, 0.4) is 0 Å². The van der Waals surface area contributed by atoms with E-state index < -0.39 is 0 Å². The third-order valence-electron chi connectivity index (χ3n) is 9.64. The molecule has 2 aromatic rings. The molecule has 2 fully saturated rings. The smallest absolute Gasteiger partial charge is 0.308 e. The number of halogens is 2. The van der Waals surface area contributed by atoms with E-state index >= 15 is 0 Å². The molecule has 0 N–H and O–H groups in total. The van der Waals surface area contributed by atoms with Gasteiger partial charge in [0.2, 0.25) is 5.91 Å². The van der Waals surface area contributed by atoms with Gasteiger partial charge in [-0.25, -0.2) is 0 Å². The van der Waals surface area contributed by atoms with Crippen molar-refractivity contribution in [1.82, 2.24) is 9.80 Å². The molecular formula is C33H38Cl2N2O4. The minimum atomic E-state index is -0.318. The van der Waals surface area contributed by atoms with Crippen LogP contribution < -0.4 is 9.47 Å². The number of carbonyl (C=O) groups is 2. The van der Waals surface area contributed by atoms with E-state index in [9.17, 15) is 9.59 Å². The summed E-state index contributed by atoms with van der Waals surface area (Å²) in [6, 6.07) is 9.51. The van der Waals surface area contributed by atoms with Crippen LogP contribution in [0.1, 0.15) is 56.7 Å². The van der Waals surface area contributed by atoms with Crippen molar-refractivity contribution >= 4 is 35.1 Å². The quantitative estimate of drug-likeness (QED) is 0.205. The molecule has 1 saturated heterocycles. The van der Waals surface area contributed by atoms with Gasteiger partial charge in [0.1, 0.15) is 17.6 Å². The van der Waals surface area contributed by atoms with E-state index in [2.05, 4.69) is 30.2 Å². The van der Waals surface area contributed by atoms with Crippen LogP contribution in [0.15, 0.2) is 43.0 Å². The van der Waals surface area contributed by atoms with Gasteiger partial charge in [0.05, 0.1) is 22.5 Å². The summed E-state index contributed by atoms with van der Waals surface area (Å²) >= 11 is 12.4. The number of benzene rings is 2. The molecule has 5 atom stereocenters. The summed E-state index contributed by atoms with van der Waals surface area (Å²) in [7, 11) is 0. The van der Waals surface area contributed by atoms with E-state index in [1.165, 1.54) is 12.5 Å². The summed E-state index contributed by atoms with van der Waals surface area (Å²) in [5.41, 5.74) is 2.92. The molecule has 218 valence electrons. The van der Waals surface area contributed by atoms with Crippen LogP contribution in [0.4, 0.5) is 0 Å². The molecule has 1 amide bonds. The molecular weight excluding hydrogens is 559 g/mol. The molecule has 0 aromatic heterocycles. The maximum absolute atomic E-state index is 14.1. The van der Waals surface area contributed by atoms with Crippen LogP contribution in [0, 0.1) is 11.8 Å². The summed E-state index contributed by atoms with van der Waals surface area (Å²) in [5, 5.41) is 0.937. The van der Waals surface area contributed by atoms with Crippen LogP contribution in [-0.4, -0.2) is 59.5 Å². The minimum Gasteiger partial charge on any atom is -0.487 e. The highest BCUT2D eigenvalue weighted by molar-refractivity contribution is 6.42. The Hall–Kier alpha value is -2.54. The van der Waals surface area contributed by atoms with Crippen molar-refractivity contribution in [1.29, 1.82) is 0 Å². The molecule has 1 spiro atoms. The van der Waals surface area contributed by atoms with E-state index in [-0.39, 0.29) is 35.9 Å². The Morgan fingerprint density at radius 1 is 1.22 bits per heavy atom. The van der Waals surface area contributed by atoms with Crippen LogP contribution >= 0.6 is 23.2 Å². The predicted molar refractivity (Wildman–Crippen MR) is 161 cm³/mol. The molecule has 2 heterocycles. The molecule has 4 aliphatic rings. The van der Waals surface area contributed by atoms with Crippen molar-refractivity contribution < 1.29 is 19.1 Å². The Morgan fingerprint density at radius 3 is 2.73 bits per heavy atom. The molecule has 41 heavy (non-hydrogen) atoms. The number of ether oxygens (including phenoxy) is 2. The molecule has 2 aromatic carbocycles. The SMILES string of the molecule is C=CCN1CC[C@@]23c4c5ccc(OC(C)=O)c4C[C@@H]1[C@@H]2CC[C@H](N(CC(C)C)C(=O)Cc1ccc(Cl)c(Cl)c1)[C@@H]3O5. The van der Waals surface area contributed by atoms with Gasteiger partial charge in [-0.3, -0.25) is 14.5 Å². The lowest BCUT2D eigenvalue weighted by atomic mass is 9.50. The lowest BCUT2D eigenvalue weighted by molar-refractivity contribution is -0.143. The first-order chi connectivity index (χ1) is 19.6. The van der Waals surface area contributed by atoms with Crippen LogP contribution in [0.2, 0.25) is 10.0 Å². The first kappa shape index (κ1) is 28.6. The van der Waals surface area contributed by atoms with E-state index in [1.54, 1.807) is 12.1 Å². The highest BCUT2D eigenvalue weighted by atomic mass is 35.5. The van der Waals surface area contributed by atoms with Crippen LogP contribution in [0.5, 0.6) is 11.5 Å². The molecule has 6 nitrogen and oxygen atoms in total. The monoisotopic (exact) mass is 596 g/mol. The van der Waals surface area contributed by atoms with Crippen molar-refractivity contribution in [3.05, 3.63) is 69.7 Å². The van der Waals surface area contributed by atoms with Gasteiger partial charge in [0, 0.05) is 42.6 Å². The Bertz CT molecular complexity index is 1390. The van der Waals surface area contributed by atoms with Crippen molar-refractivity contribution in [3.8, 4) is 11.5 Å². The summed E-state index contributed by atoms with van der Waals surface area (Å²) in [6.45, 7) is 12.2. The van der Waals surface area contributed by atoms with Crippen molar-refractivity contribution in [2.24, 2.45) is 11.8 Å². The number of nitrogens with zero attached hydrogens (tertiary/aromatic N) is 2. The standard InChI is InChI=1S/C33H38Cl2N2O4/c1-5-13-36-14-12-33-23-7-9-26(37(18-19(2)3)30(39)16-21-6-8-24(34)25(35)15-21)32(33)41-29-11-10-28(40-20(4)38)22(31(29)33)17-27(23)36/h5-6,8,10-11,15,19,23,26-27,32H,1,7,9,12-14,16-18H2,2-4H3/t23-,26-,27+,32-,33-/m0/s1. The maximum Gasteiger partial charge on any atom is 0.308 e. The molecule has 0 unspecified atom stereocenters. The molecule has 1 saturated carbocycles. The molecule has 0 radical (unpaired) electrons. The van der Waals surface area contributed by atoms with Gasteiger partial charge in [-0.2, -0.15) is 0 Å². The fraction of sp³-hybridized carbons (Fsp3) is 0.515. The number of rotatable bonds is 8. The summed E-state index contributed by atoms with van der Waals surface area (Å²) in [5.74, 6) is 1.97. The van der Waals surface area contributed by atoms with Gasteiger partial charge < -0.3 is 14.4 Å². The number of hydrogen-bond acceptors (Lipinski definition) is 5. The molecule has 6 rings (SSSR count). The number of piperidine rings is 1.